The van der Waals surface area contributed by atoms with Crippen molar-refractivity contribution in [2.24, 2.45) is 0 Å². The van der Waals surface area contributed by atoms with E-state index >= 15 is 0 Å². The number of aromatic amines is 1. The number of nitrogens with zero attached hydrogens (tertiary/aromatic N) is 1. The highest BCUT2D eigenvalue weighted by Crippen LogP contribution is 2.24. The van der Waals surface area contributed by atoms with Gasteiger partial charge in [0.25, 0.3) is 5.79 Å². The predicted octanol–water partition coefficient (Wildman–Crippen LogP) is 3.67. The second-order valence-electron chi connectivity index (χ2n) is 7.06. The SMILES string of the molecule is Cc1ccc2nc(-c3ccc(NC=C4C(=O)OC(C)(C)OC4=O)cc3)[nH]c2c1. The number of rotatable bonds is 3. The first-order valence-corrected chi connectivity index (χ1v) is 8.81. The van der Waals surface area contributed by atoms with E-state index in [4.69, 9.17) is 9.47 Å². The van der Waals surface area contributed by atoms with E-state index in [0.717, 1.165) is 22.4 Å². The maximum absolute atomic E-state index is 11.9. The van der Waals surface area contributed by atoms with Crippen molar-refractivity contribution in [2.45, 2.75) is 26.6 Å². The Balaban J connectivity index is 1.52. The molecule has 0 unspecified atom stereocenters. The lowest BCUT2D eigenvalue weighted by molar-refractivity contribution is -0.222. The highest BCUT2D eigenvalue weighted by Gasteiger charge is 2.38. The van der Waals surface area contributed by atoms with Gasteiger partial charge >= 0.3 is 11.9 Å². The monoisotopic (exact) mass is 377 g/mol. The summed E-state index contributed by atoms with van der Waals surface area (Å²) >= 11 is 0. The molecule has 1 fully saturated rings. The fourth-order valence-electron chi connectivity index (χ4n) is 2.92. The van der Waals surface area contributed by atoms with Gasteiger partial charge in [0, 0.05) is 31.3 Å². The van der Waals surface area contributed by atoms with Crippen molar-refractivity contribution in [3.63, 3.8) is 0 Å². The number of fused-ring (bicyclic) bond motifs is 1. The van der Waals surface area contributed by atoms with E-state index in [2.05, 4.69) is 21.4 Å². The van der Waals surface area contributed by atoms with E-state index < -0.39 is 17.7 Å². The van der Waals surface area contributed by atoms with Crippen molar-refractivity contribution in [1.82, 2.24) is 9.97 Å². The molecular formula is C21H19N3O4. The molecule has 4 rings (SSSR count). The number of cyclic esters (lactones) is 2. The summed E-state index contributed by atoms with van der Waals surface area (Å²) in [4.78, 5) is 31.8. The average Bonchev–Trinajstić information content (AvgIpc) is 3.03. The van der Waals surface area contributed by atoms with Crippen molar-refractivity contribution in [1.29, 1.82) is 0 Å². The van der Waals surface area contributed by atoms with Crippen LogP contribution in [0.1, 0.15) is 19.4 Å². The largest absolute Gasteiger partial charge is 0.419 e. The summed E-state index contributed by atoms with van der Waals surface area (Å²) in [6.45, 7) is 5.05. The van der Waals surface area contributed by atoms with E-state index in [-0.39, 0.29) is 5.57 Å². The molecule has 0 saturated carbocycles. The molecule has 1 aliphatic heterocycles. The molecule has 28 heavy (non-hydrogen) atoms. The summed E-state index contributed by atoms with van der Waals surface area (Å²) in [5.74, 6) is -1.92. The zero-order valence-corrected chi connectivity index (χ0v) is 15.7. The number of hydrogen-bond acceptors (Lipinski definition) is 6. The quantitative estimate of drug-likeness (QED) is 0.411. The maximum atomic E-state index is 11.9. The number of carbonyl (C=O) groups excluding carboxylic acids is 2. The number of anilines is 1. The van der Waals surface area contributed by atoms with E-state index in [1.807, 2.05) is 43.3 Å². The molecule has 2 heterocycles. The lowest BCUT2D eigenvalue weighted by Gasteiger charge is -2.29. The molecule has 2 aromatic carbocycles. The van der Waals surface area contributed by atoms with Crippen LogP contribution in [0.5, 0.6) is 0 Å². The molecule has 0 atom stereocenters. The van der Waals surface area contributed by atoms with Gasteiger partial charge in [0.2, 0.25) is 0 Å². The maximum Gasteiger partial charge on any atom is 0.350 e. The highest BCUT2D eigenvalue weighted by molar-refractivity contribution is 6.15. The molecule has 0 aliphatic carbocycles. The molecule has 1 aliphatic rings. The average molecular weight is 377 g/mol. The first-order valence-electron chi connectivity index (χ1n) is 8.81. The van der Waals surface area contributed by atoms with Crippen LogP contribution in [-0.2, 0) is 19.1 Å². The van der Waals surface area contributed by atoms with Crippen LogP contribution < -0.4 is 5.32 Å². The number of H-pyrrole nitrogens is 1. The van der Waals surface area contributed by atoms with Gasteiger partial charge in [-0.3, -0.25) is 0 Å². The Morgan fingerprint density at radius 2 is 1.71 bits per heavy atom. The number of esters is 2. The number of aryl methyl sites for hydroxylation is 1. The molecule has 2 N–H and O–H groups in total. The van der Waals surface area contributed by atoms with Gasteiger partial charge < -0.3 is 19.8 Å². The van der Waals surface area contributed by atoms with Crippen molar-refractivity contribution >= 4 is 28.7 Å². The molecule has 0 radical (unpaired) electrons. The van der Waals surface area contributed by atoms with Crippen molar-refractivity contribution in [3.8, 4) is 11.4 Å². The Labute approximate surface area is 161 Å². The highest BCUT2D eigenvalue weighted by atomic mass is 16.7. The van der Waals surface area contributed by atoms with Gasteiger partial charge in [-0.1, -0.05) is 6.07 Å². The van der Waals surface area contributed by atoms with Crippen molar-refractivity contribution in [2.75, 3.05) is 5.32 Å². The zero-order valence-electron chi connectivity index (χ0n) is 15.7. The third kappa shape index (κ3) is 3.46. The lowest BCUT2D eigenvalue weighted by Crippen LogP contribution is -2.42. The fraction of sp³-hybridized carbons (Fsp3) is 0.190. The topological polar surface area (TPSA) is 93.3 Å². The normalized spacial score (nSPS) is 15.9. The minimum Gasteiger partial charge on any atom is -0.419 e. The van der Waals surface area contributed by atoms with E-state index in [9.17, 15) is 9.59 Å². The van der Waals surface area contributed by atoms with E-state index in [1.54, 1.807) is 0 Å². The molecule has 7 heteroatoms. The minimum absolute atomic E-state index is 0.184. The third-order valence-electron chi connectivity index (χ3n) is 4.30. The third-order valence-corrected chi connectivity index (χ3v) is 4.30. The Kier molecular flexibility index (Phi) is 4.15. The number of nitrogens with one attached hydrogen (secondary N) is 2. The Morgan fingerprint density at radius 1 is 1.04 bits per heavy atom. The molecule has 3 aromatic rings. The Bertz CT molecular complexity index is 1090. The number of ether oxygens (including phenoxy) is 2. The Hall–Kier alpha value is -3.61. The predicted molar refractivity (Wildman–Crippen MR) is 104 cm³/mol. The first kappa shape index (κ1) is 17.8. The molecule has 1 saturated heterocycles. The van der Waals surface area contributed by atoms with Crippen molar-refractivity contribution < 1.29 is 19.1 Å². The number of carbonyl (C=O) groups is 2. The smallest absolute Gasteiger partial charge is 0.350 e. The van der Waals surface area contributed by atoms with Crippen LogP contribution in [-0.4, -0.2) is 27.7 Å². The number of aromatic nitrogens is 2. The lowest BCUT2D eigenvalue weighted by atomic mass is 10.2. The van der Waals surface area contributed by atoms with Gasteiger partial charge in [-0.2, -0.15) is 0 Å². The van der Waals surface area contributed by atoms with Gasteiger partial charge in [-0.15, -0.1) is 0 Å². The second-order valence-corrected chi connectivity index (χ2v) is 7.06. The van der Waals surface area contributed by atoms with Gasteiger partial charge in [0.1, 0.15) is 5.82 Å². The first-order chi connectivity index (χ1) is 13.3. The molecule has 0 amide bonds. The minimum atomic E-state index is -1.25. The fourth-order valence-corrected chi connectivity index (χ4v) is 2.92. The van der Waals surface area contributed by atoms with Crippen LogP contribution in [0, 0.1) is 6.92 Å². The Morgan fingerprint density at radius 3 is 2.39 bits per heavy atom. The summed E-state index contributed by atoms with van der Waals surface area (Å²) in [6, 6.07) is 13.5. The van der Waals surface area contributed by atoms with Gasteiger partial charge in [0.15, 0.2) is 5.57 Å². The molecule has 7 nitrogen and oxygen atoms in total. The number of benzene rings is 2. The van der Waals surface area contributed by atoms with E-state index in [1.165, 1.54) is 25.6 Å². The van der Waals surface area contributed by atoms with Gasteiger partial charge in [-0.05, 0) is 48.9 Å². The summed E-state index contributed by atoms with van der Waals surface area (Å²) in [7, 11) is 0. The molecular weight excluding hydrogens is 358 g/mol. The summed E-state index contributed by atoms with van der Waals surface area (Å²) < 4.78 is 10.1. The van der Waals surface area contributed by atoms with Crippen LogP contribution in [0.4, 0.5) is 5.69 Å². The van der Waals surface area contributed by atoms with Gasteiger partial charge in [-0.25, -0.2) is 14.6 Å². The molecule has 142 valence electrons. The number of hydrogen-bond donors (Lipinski definition) is 2. The molecule has 1 aromatic heterocycles. The zero-order chi connectivity index (χ0) is 19.9. The van der Waals surface area contributed by atoms with Crippen LogP contribution in [0.3, 0.4) is 0 Å². The summed E-state index contributed by atoms with van der Waals surface area (Å²) in [6.07, 6.45) is 1.29. The van der Waals surface area contributed by atoms with E-state index in [0.29, 0.717) is 5.69 Å². The summed E-state index contributed by atoms with van der Waals surface area (Å²) in [5.41, 5.74) is 4.50. The van der Waals surface area contributed by atoms with Crippen LogP contribution >= 0.6 is 0 Å². The van der Waals surface area contributed by atoms with Crippen LogP contribution in [0.15, 0.2) is 54.2 Å². The van der Waals surface area contributed by atoms with Crippen LogP contribution in [0.25, 0.3) is 22.4 Å². The molecule has 0 spiro atoms. The van der Waals surface area contributed by atoms with Crippen molar-refractivity contribution in [3.05, 3.63) is 59.8 Å². The van der Waals surface area contributed by atoms with Gasteiger partial charge in [0.05, 0.1) is 11.0 Å². The summed E-state index contributed by atoms with van der Waals surface area (Å²) in [5, 5.41) is 2.92. The molecule has 0 bridgehead atoms. The standard InChI is InChI=1S/C21H19N3O4/c1-12-4-9-16-17(10-12)24-18(23-16)13-5-7-14(8-6-13)22-11-15-19(25)27-21(2,3)28-20(15)26/h4-11,22H,1-3H3,(H,23,24). The number of imidazole rings is 1. The van der Waals surface area contributed by atoms with Crippen LogP contribution in [0.2, 0.25) is 0 Å². The second kappa shape index (κ2) is 6.53.